The third kappa shape index (κ3) is 2.68. The first-order chi connectivity index (χ1) is 9.15. The van der Waals surface area contributed by atoms with E-state index in [-0.39, 0.29) is 11.8 Å². The Hall–Kier alpha value is -1.30. The fraction of sp³-hybridized carbons (Fsp3) is 0.538. The minimum absolute atomic E-state index is 0.0223. The van der Waals surface area contributed by atoms with Crippen molar-refractivity contribution >= 4 is 27.7 Å². The zero-order valence-electron chi connectivity index (χ0n) is 10.6. The van der Waals surface area contributed by atoms with E-state index in [1.54, 1.807) is 4.90 Å². The van der Waals surface area contributed by atoms with E-state index in [0.29, 0.717) is 32.1 Å². The first-order valence-corrected chi connectivity index (χ1v) is 7.38. The number of nitrogens with one attached hydrogen (secondary N) is 1. The number of carbonyl (C=O) groups excluding carboxylic acids is 2. The minimum atomic E-state index is 0.0223. The first kappa shape index (κ1) is 12.7. The summed E-state index contributed by atoms with van der Waals surface area (Å²) < 4.78 is 3.00. The van der Waals surface area contributed by atoms with Crippen molar-refractivity contribution in [2.75, 3.05) is 19.6 Å². The monoisotopic (exact) mass is 325 g/mol. The fourth-order valence-corrected chi connectivity index (χ4v) is 2.84. The summed E-state index contributed by atoms with van der Waals surface area (Å²) in [6, 6.07) is 2.35. The molecule has 2 aliphatic rings. The molecule has 1 aliphatic carbocycles. The molecule has 1 saturated carbocycles. The zero-order valence-corrected chi connectivity index (χ0v) is 12.1. The smallest absolute Gasteiger partial charge is 0.270 e. The third-order valence-corrected chi connectivity index (χ3v) is 4.01. The molecular weight excluding hydrogens is 310 g/mol. The van der Waals surface area contributed by atoms with Crippen molar-refractivity contribution in [3.63, 3.8) is 0 Å². The Kier molecular flexibility index (Phi) is 3.35. The molecule has 3 rings (SSSR count). The Labute approximate surface area is 120 Å². The van der Waals surface area contributed by atoms with E-state index in [0.717, 1.165) is 23.0 Å². The summed E-state index contributed by atoms with van der Waals surface area (Å²) in [6.07, 6.45) is 4.64. The number of rotatable bonds is 2. The fourth-order valence-electron chi connectivity index (χ4n) is 2.40. The van der Waals surface area contributed by atoms with Crippen molar-refractivity contribution in [3.8, 4) is 0 Å². The number of amides is 2. The van der Waals surface area contributed by atoms with E-state index in [4.69, 9.17) is 0 Å². The standard InChI is InChI=1S/C13H16BrN3O2/c14-9-7-11(17(8-9)10-1-2-10)13(19)16-5-3-12(18)15-4-6-16/h7-8,10H,1-6H2,(H,15,18). The van der Waals surface area contributed by atoms with E-state index in [2.05, 4.69) is 25.8 Å². The molecule has 0 aromatic carbocycles. The van der Waals surface area contributed by atoms with Crippen LogP contribution in [0.1, 0.15) is 35.8 Å². The van der Waals surface area contributed by atoms with Gasteiger partial charge in [-0.2, -0.15) is 0 Å². The van der Waals surface area contributed by atoms with E-state index in [1.807, 2.05) is 12.3 Å². The lowest BCUT2D eigenvalue weighted by Crippen LogP contribution is -2.35. The highest BCUT2D eigenvalue weighted by Crippen LogP contribution is 2.37. The van der Waals surface area contributed by atoms with Crippen molar-refractivity contribution < 1.29 is 9.59 Å². The molecule has 0 bridgehead atoms. The summed E-state index contributed by atoms with van der Waals surface area (Å²) in [5, 5.41) is 2.79. The summed E-state index contributed by atoms with van der Waals surface area (Å²) in [5.74, 6) is 0.0446. The van der Waals surface area contributed by atoms with Gasteiger partial charge in [-0.15, -0.1) is 0 Å². The number of hydrogen-bond acceptors (Lipinski definition) is 2. The van der Waals surface area contributed by atoms with Crippen LogP contribution in [0.5, 0.6) is 0 Å². The van der Waals surface area contributed by atoms with Crippen LogP contribution in [0.15, 0.2) is 16.7 Å². The molecule has 102 valence electrons. The molecule has 5 nitrogen and oxygen atoms in total. The normalized spacial score (nSPS) is 20.1. The second-order valence-electron chi connectivity index (χ2n) is 5.07. The van der Waals surface area contributed by atoms with Crippen molar-refractivity contribution in [2.24, 2.45) is 0 Å². The van der Waals surface area contributed by atoms with E-state index in [1.165, 1.54) is 0 Å². The largest absolute Gasteiger partial charge is 0.354 e. The molecule has 1 saturated heterocycles. The average molecular weight is 326 g/mol. The van der Waals surface area contributed by atoms with Crippen LogP contribution >= 0.6 is 15.9 Å². The summed E-state index contributed by atoms with van der Waals surface area (Å²) >= 11 is 3.44. The Bertz CT molecular complexity index is 522. The summed E-state index contributed by atoms with van der Waals surface area (Å²) in [4.78, 5) is 25.6. The van der Waals surface area contributed by atoms with Crippen LogP contribution in [0.4, 0.5) is 0 Å². The van der Waals surface area contributed by atoms with Crippen molar-refractivity contribution in [3.05, 3.63) is 22.4 Å². The summed E-state index contributed by atoms with van der Waals surface area (Å²) in [5.41, 5.74) is 0.726. The molecule has 2 amide bonds. The van der Waals surface area contributed by atoms with E-state index >= 15 is 0 Å². The molecule has 19 heavy (non-hydrogen) atoms. The van der Waals surface area contributed by atoms with Gasteiger partial charge in [0.25, 0.3) is 5.91 Å². The number of nitrogens with zero attached hydrogens (tertiary/aromatic N) is 2. The van der Waals surface area contributed by atoms with Crippen LogP contribution in [0, 0.1) is 0 Å². The van der Waals surface area contributed by atoms with E-state index in [9.17, 15) is 9.59 Å². The maximum Gasteiger partial charge on any atom is 0.270 e. The van der Waals surface area contributed by atoms with Crippen LogP contribution < -0.4 is 5.32 Å². The lowest BCUT2D eigenvalue weighted by molar-refractivity contribution is -0.120. The first-order valence-electron chi connectivity index (χ1n) is 6.58. The molecule has 1 aromatic rings. The highest BCUT2D eigenvalue weighted by Gasteiger charge is 2.30. The second kappa shape index (κ2) is 5.00. The third-order valence-electron chi connectivity index (χ3n) is 3.57. The van der Waals surface area contributed by atoms with Crippen LogP contribution in [-0.4, -0.2) is 40.9 Å². The molecule has 2 fully saturated rings. The Morgan fingerprint density at radius 1 is 1.37 bits per heavy atom. The maximum absolute atomic E-state index is 12.6. The Balaban J connectivity index is 1.81. The SMILES string of the molecule is O=C1CCN(C(=O)c2cc(Br)cn2C2CC2)CCN1. The Morgan fingerprint density at radius 2 is 2.16 bits per heavy atom. The lowest BCUT2D eigenvalue weighted by Gasteiger charge is -2.20. The summed E-state index contributed by atoms with van der Waals surface area (Å²) in [6.45, 7) is 1.62. The number of hydrogen-bond donors (Lipinski definition) is 1. The zero-order chi connectivity index (χ0) is 13.4. The van der Waals surface area contributed by atoms with Crippen molar-refractivity contribution in [1.29, 1.82) is 0 Å². The number of aromatic nitrogens is 1. The molecule has 1 N–H and O–H groups in total. The van der Waals surface area contributed by atoms with Crippen LogP contribution in [0.25, 0.3) is 0 Å². The quantitative estimate of drug-likeness (QED) is 0.896. The maximum atomic E-state index is 12.6. The predicted molar refractivity (Wildman–Crippen MR) is 73.9 cm³/mol. The second-order valence-corrected chi connectivity index (χ2v) is 5.99. The molecule has 1 aromatic heterocycles. The van der Waals surface area contributed by atoms with Gasteiger partial charge in [0.2, 0.25) is 5.91 Å². The van der Waals surface area contributed by atoms with Gasteiger partial charge in [-0.25, -0.2) is 0 Å². The molecule has 0 atom stereocenters. The number of carbonyl (C=O) groups is 2. The predicted octanol–water partition coefficient (Wildman–Crippen LogP) is 1.55. The average Bonchev–Trinajstić information content (AvgIpc) is 3.17. The van der Waals surface area contributed by atoms with Gasteiger partial charge in [0, 0.05) is 42.8 Å². The molecule has 0 unspecified atom stereocenters. The molecule has 0 spiro atoms. The van der Waals surface area contributed by atoms with E-state index < -0.39 is 0 Å². The highest BCUT2D eigenvalue weighted by atomic mass is 79.9. The van der Waals surface area contributed by atoms with Crippen LogP contribution in [0.2, 0.25) is 0 Å². The summed E-state index contributed by atoms with van der Waals surface area (Å²) in [7, 11) is 0. The van der Waals surface area contributed by atoms with Gasteiger partial charge < -0.3 is 14.8 Å². The van der Waals surface area contributed by atoms with Gasteiger partial charge in [0.15, 0.2) is 0 Å². The molecule has 1 aliphatic heterocycles. The van der Waals surface area contributed by atoms with Gasteiger partial charge in [-0.3, -0.25) is 9.59 Å². The van der Waals surface area contributed by atoms with Gasteiger partial charge >= 0.3 is 0 Å². The van der Waals surface area contributed by atoms with Crippen LogP contribution in [0.3, 0.4) is 0 Å². The minimum Gasteiger partial charge on any atom is -0.354 e. The molecular formula is C13H16BrN3O2. The Morgan fingerprint density at radius 3 is 2.89 bits per heavy atom. The van der Waals surface area contributed by atoms with Gasteiger partial charge in [-0.05, 0) is 34.8 Å². The lowest BCUT2D eigenvalue weighted by atomic mass is 10.3. The van der Waals surface area contributed by atoms with Gasteiger partial charge in [-0.1, -0.05) is 0 Å². The van der Waals surface area contributed by atoms with Gasteiger partial charge in [0.05, 0.1) is 0 Å². The number of halogens is 1. The van der Waals surface area contributed by atoms with Crippen molar-refractivity contribution in [2.45, 2.75) is 25.3 Å². The highest BCUT2D eigenvalue weighted by molar-refractivity contribution is 9.10. The molecule has 0 radical (unpaired) electrons. The molecule has 2 heterocycles. The van der Waals surface area contributed by atoms with Crippen LogP contribution in [-0.2, 0) is 4.79 Å². The van der Waals surface area contributed by atoms with Crippen molar-refractivity contribution in [1.82, 2.24) is 14.8 Å². The molecule has 6 heteroatoms. The topological polar surface area (TPSA) is 54.3 Å². The van der Waals surface area contributed by atoms with Gasteiger partial charge in [0.1, 0.15) is 5.69 Å².